The third-order valence-corrected chi connectivity index (χ3v) is 5.36. The number of aliphatic hydroxyl groups excluding tert-OH is 2. The van der Waals surface area contributed by atoms with Crippen molar-refractivity contribution >= 4 is 15.6 Å². The fourth-order valence-corrected chi connectivity index (χ4v) is 3.76. The molecule has 26 heavy (non-hydrogen) atoms. The molecule has 1 unspecified atom stereocenters. The van der Waals surface area contributed by atoms with Crippen molar-refractivity contribution in [1.82, 2.24) is 9.55 Å². The second-order valence-corrected chi connectivity index (χ2v) is 7.87. The van der Waals surface area contributed by atoms with Crippen LogP contribution in [0.5, 0.6) is 6.01 Å². The second kappa shape index (κ2) is 7.82. The number of aliphatic hydroxyl groups is 2. The minimum atomic E-state index is -5.30. The summed E-state index contributed by atoms with van der Waals surface area (Å²) in [5.74, 6) is 0. The summed E-state index contributed by atoms with van der Waals surface area (Å²) in [5.41, 5.74) is -0.623. The van der Waals surface area contributed by atoms with Gasteiger partial charge in [0.25, 0.3) is 5.56 Å². The largest absolute Gasteiger partial charge is 0.481 e. The molecule has 0 radical (unpaired) electrons. The van der Waals surface area contributed by atoms with Gasteiger partial charge in [0.1, 0.15) is 18.3 Å². The topological polar surface area (TPSA) is 207 Å². The number of hydrogen-bond acceptors (Lipinski definition) is 10. The first-order chi connectivity index (χ1) is 11.9. The van der Waals surface area contributed by atoms with Gasteiger partial charge in [-0.05, 0) is 0 Å². The van der Waals surface area contributed by atoms with Gasteiger partial charge in [0.15, 0.2) is 6.23 Å². The van der Waals surface area contributed by atoms with Crippen molar-refractivity contribution in [2.24, 2.45) is 0 Å². The molecule has 0 bridgehead atoms. The van der Waals surface area contributed by atoms with E-state index in [-0.39, 0.29) is 6.01 Å². The maximum Gasteiger partial charge on any atom is 0.481 e. The van der Waals surface area contributed by atoms with Crippen molar-refractivity contribution in [2.45, 2.75) is 24.5 Å². The number of hydrogen-bond donors (Lipinski definition) is 5. The Kier molecular flexibility index (Phi) is 6.36. The van der Waals surface area contributed by atoms with Gasteiger partial charge in [0.2, 0.25) is 0 Å². The SMILES string of the molecule is COc1nc(=O)ccn1[C@@H]1O[C@H](COP(=O)(O)OP(=O)(O)O)[C@@H](O)[C@H]1O. The molecule has 0 aromatic carbocycles. The Balaban J connectivity index is 2.12. The normalized spacial score (nSPS) is 28.7. The lowest BCUT2D eigenvalue weighted by Gasteiger charge is -2.20. The summed E-state index contributed by atoms with van der Waals surface area (Å²) < 4.78 is 41.2. The summed E-state index contributed by atoms with van der Waals surface area (Å²) in [5, 5.41) is 20.1. The van der Waals surface area contributed by atoms with Gasteiger partial charge in [0, 0.05) is 12.3 Å². The molecule has 148 valence electrons. The third-order valence-electron chi connectivity index (χ3n) is 3.21. The van der Waals surface area contributed by atoms with E-state index in [0.29, 0.717) is 0 Å². The van der Waals surface area contributed by atoms with E-state index in [9.17, 15) is 29.0 Å². The van der Waals surface area contributed by atoms with E-state index in [1.54, 1.807) is 0 Å². The van der Waals surface area contributed by atoms with Crippen molar-refractivity contribution < 1.29 is 52.3 Å². The molecular weight excluding hydrogens is 402 g/mol. The molecule has 0 saturated carbocycles. The number of aromatic nitrogens is 2. The highest BCUT2D eigenvalue weighted by Crippen LogP contribution is 2.57. The van der Waals surface area contributed by atoms with Crippen LogP contribution in [-0.2, 0) is 22.7 Å². The molecule has 1 aromatic heterocycles. The number of nitrogens with zero attached hydrogens (tertiary/aromatic N) is 2. The quantitative estimate of drug-likeness (QED) is 0.307. The molecule has 5 N–H and O–H groups in total. The minimum absolute atomic E-state index is 0.229. The van der Waals surface area contributed by atoms with Crippen LogP contribution in [0.15, 0.2) is 17.1 Å². The molecule has 1 fully saturated rings. The highest BCUT2D eigenvalue weighted by Gasteiger charge is 2.46. The monoisotopic (exact) mass is 418 g/mol. The van der Waals surface area contributed by atoms with Crippen LogP contribution in [0.1, 0.15) is 6.23 Å². The molecule has 1 aromatic rings. The number of phosphoric acid groups is 2. The van der Waals surface area contributed by atoms with Crippen LogP contribution in [0.4, 0.5) is 0 Å². The number of ether oxygens (including phenoxy) is 2. The van der Waals surface area contributed by atoms with Crippen molar-refractivity contribution in [2.75, 3.05) is 13.7 Å². The predicted octanol–water partition coefficient (Wildman–Crippen LogP) is -1.90. The third kappa shape index (κ3) is 5.18. The molecule has 0 amide bonds. The number of phosphoric ester groups is 1. The molecule has 0 aliphatic carbocycles. The molecule has 16 heteroatoms. The van der Waals surface area contributed by atoms with E-state index in [1.165, 1.54) is 13.3 Å². The maximum absolute atomic E-state index is 11.4. The molecule has 14 nitrogen and oxygen atoms in total. The summed E-state index contributed by atoms with van der Waals surface area (Å²) in [6.45, 7) is -0.849. The van der Waals surface area contributed by atoms with Crippen LogP contribution >= 0.6 is 15.6 Å². The smallest absolute Gasteiger partial charge is 0.468 e. The van der Waals surface area contributed by atoms with Gasteiger partial charge >= 0.3 is 21.7 Å². The van der Waals surface area contributed by atoms with E-state index in [1.807, 2.05) is 0 Å². The highest BCUT2D eigenvalue weighted by atomic mass is 31.3. The zero-order valence-corrected chi connectivity index (χ0v) is 14.8. The van der Waals surface area contributed by atoms with Gasteiger partial charge in [-0.2, -0.15) is 9.29 Å². The zero-order chi connectivity index (χ0) is 19.7. The predicted molar refractivity (Wildman–Crippen MR) is 79.9 cm³/mol. The van der Waals surface area contributed by atoms with E-state index in [2.05, 4.69) is 13.8 Å². The lowest BCUT2D eigenvalue weighted by atomic mass is 10.1. The van der Waals surface area contributed by atoms with Gasteiger partial charge in [-0.15, -0.1) is 0 Å². The first kappa shape index (κ1) is 21.1. The minimum Gasteiger partial charge on any atom is -0.468 e. The van der Waals surface area contributed by atoms with Crippen molar-refractivity contribution in [3.8, 4) is 6.01 Å². The summed E-state index contributed by atoms with van der Waals surface area (Å²) in [7, 11) is -9.24. The van der Waals surface area contributed by atoms with Crippen molar-refractivity contribution in [1.29, 1.82) is 0 Å². The Morgan fingerprint density at radius 3 is 2.50 bits per heavy atom. The highest BCUT2D eigenvalue weighted by molar-refractivity contribution is 7.60. The second-order valence-electron chi connectivity index (χ2n) is 5.04. The van der Waals surface area contributed by atoms with Gasteiger partial charge < -0.3 is 34.4 Å². The molecule has 2 heterocycles. The Hall–Kier alpha value is -1.18. The zero-order valence-electron chi connectivity index (χ0n) is 13.1. The van der Waals surface area contributed by atoms with Gasteiger partial charge in [-0.3, -0.25) is 13.9 Å². The Morgan fingerprint density at radius 1 is 1.27 bits per heavy atom. The lowest BCUT2D eigenvalue weighted by molar-refractivity contribution is -0.0556. The number of rotatable bonds is 7. The molecule has 1 saturated heterocycles. The van der Waals surface area contributed by atoms with Gasteiger partial charge in [0.05, 0.1) is 13.7 Å². The van der Waals surface area contributed by atoms with Crippen LogP contribution in [0.3, 0.4) is 0 Å². The first-order valence-electron chi connectivity index (χ1n) is 6.82. The van der Waals surface area contributed by atoms with Crippen LogP contribution < -0.4 is 10.3 Å². The fourth-order valence-electron chi connectivity index (χ4n) is 2.16. The number of methoxy groups -OCH3 is 1. The van der Waals surface area contributed by atoms with Crippen LogP contribution in [0, 0.1) is 0 Å². The summed E-state index contributed by atoms with van der Waals surface area (Å²) in [6, 6.07) is 0.818. The van der Waals surface area contributed by atoms with Gasteiger partial charge in [-0.25, -0.2) is 9.13 Å². The summed E-state index contributed by atoms with van der Waals surface area (Å²) >= 11 is 0. The average Bonchev–Trinajstić information content (AvgIpc) is 2.79. The van der Waals surface area contributed by atoms with E-state index in [4.69, 9.17) is 19.3 Å². The van der Waals surface area contributed by atoms with Gasteiger partial charge in [-0.1, -0.05) is 0 Å². The molecule has 0 spiro atoms. The Bertz CT molecular complexity index is 792. The fraction of sp³-hybridized carbons (Fsp3) is 0.600. The van der Waals surface area contributed by atoms with Crippen LogP contribution in [-0.4, -0.2) is 66.5 Å². The van der Waals surface area contributed by atoms with Crippen LogP contribution in [0.25, 0.3) is 0 Å². The van der Waals surface area contributed by atoms with E-state index >= 15 is 0 Å². The summed E-state index contributed by atoms with van der Waals surface area (Å²) in [6.07, 6.45) is -4.66. The van der Waals surface area contributed by atoms with E-state index < -0.39 is 52.4 Å². The molecule has 1 aliphatic rings. The maximum atomic E-state index is 11.4. The summed E-state index contributed by atoms with van der Waals surface area (Å²) in [4.78, 5) is 41.0. The molecule has 5 atom stereocenters. The standard InChI is InChI=1S/C10H16N2O12P2/c1-21-10-11-6(13)2-3-12(10)9-8(15)7(14)5(23-9)4-22-26(19,20)24-25(16,17)18/h2-3,5,7-9,14-15H,4H2,1H3,(H,19,20)(H2,16,17,18)/t5-,7-,8-,9-/m1/s1. The molecular formula is C10H16N2O12P2. The molecule has 1 aliphatic heterocycles. The van der Waals surface area contributed by atoms with Crippen LogP contribution in [0.2, 0.25) is 0 Å². The first-order valence-corrected chi connectivity index (χ1v) is 9.85. The Labute approximate surface area is 145 Å². The Morgan fingerprint density at radius 2 is 1.92 bits per heavy atom. The average molecular weight is 418 g/mol. The molecule has 2 rings (SSSR count). The lowest BCUT2D eigenvalue weighted by Crippen LogP contribution is -2.34. The van der Waals surface area contributed by atoms with Crippen molar-refractivity contribution in [3.05, 3.63) is 22.6 Å². The van der Waals surface area contributed by atoms with Crippen molar-refractivity contribution in [3.63, 3.8) is 0 Å². The van der Waals surface area contributed by atoms with E-state index in [0.717, 1.165) is 10.6 Å².